The van der Waals surface area contributed by atoms with Crippen molar-refractivity contribution >= 4 is 17.7 Å². The van der Waals surface area contributed by atoms with E-state index in [-0.39, 0.29) is 24.3 Å². The number of hydrogen-bond acceptors (Lipinski definition) is 4. The van der Waals surface area contributed by atoms with Crippen molar-refractivity contribution in [3.05, 3.63) is 58.9 Å². The molecule has 2 heterocycles. The van der Waals surface area contributed by atoms with Crippen LogP contribution in [0, 0.1) is 13.8 Å². The van der Waals surface area contributed by atoms with Crippen LogP contribution in [0.15, 0.2) is 36.4 Å². The molecule has 31 heavy (non-hydrogen) atoms. The van der Waals surface area contributed by atoms with Gasteiger partial charge in [0.1, 0.15) is 0 Å². The molecule has 1 amide bonds. The third-order valence-electron chi connectivity index (χ3n) is 6.41. The Labute approximate surface area is 184 Å². The van der Waals surface area contributed by atoms with Crippen LogP contribution in [0.3, 0.4) is 0 Å². The van der Waals surface area contributed by atoms with Gasteiger partial charge in [-0.15, -0.1) is 0 Å². The summed E-state index contributed by atoms with van der Waals surface area (Å²) in [5.41, 5.74) is 2.52. The van der Waals surface area contributed by atoms with Crippen molar-refractivity contribution in [3.8, 4) is 0 Å². The zero-order valence-corrected chi connectivity index (χ0v) is 19.1. The van der Waals surface area contributed by atoms with Gasteiger partial charge in [0, 0.05) is 43.0 Å². The second-order valence-corrected chi connectivity index (χ2v) is 8.70. The van der Waals surface area contributed by atoms with E-state index < -0.39 is 11.4 Å². The number of ketones is 1. The number of hydrogen-bond donors (Lipinski definition) is 0. The second-order valence-electron chi connectivity index (χ2n) is 8.70. The molecule has 0 saturated carbocycles. The Morgan fingerprint density at radius 3 is 2.19 bits per heavy atom. The molecule has 2 aromatic rings. The molecule has 0 radical (unpaired) electrons. The summed E-state index contributed by atoms with van der Waals surface area (Å²) >= 11 is 0. The molecule has 0 atom stereocenters. The number of amides is 1. The van der Waals surface area contributed by atoms with E-state index in [1.807, 2.05) is 50.2 Å². The third-order valence-corrected chi connectivity index (χ3v) is 6.41. The maximum Gasteiger partial charge on any atom is 0.317 e. The predicted molar refractivity (Wildman–Crippen MR) is 119 cm³/mol. The van der Waals surface area contributed by atoms with Crippen molar-refractivity contribution in [2.24, 2.45) is 0 Å². The van der Waals surface area contributed by atoms with Gasteiger partial charge < -0.3 is 14.2 Å². The van der Waals surface area contributed by atoms with Crippen molar-refractivity contribution in [2.75, 3.05) is 19.7 Å². The van der Waals surface area contributed by atoms with Crippen LogP contribution in [0.25, 0.3) is 0 Å². The number of likely N-dealkylation sites (tertiary alicyclic amines) is 1. The Balaban J connectivity index is 1.78. The zero-order chi connectivity index (χ0) is 22.8. The smallest absolute Gasteiger partial charge is 0.317 e. The molecule has 1 fully saturated rings. The summed E-state index contributed by atoms with van der Waals surface area (Å²) in [6.07, 6.45) is 0.955. The van der Waals surface area contributed by atoms with Crippen molar-refractivity contribution in [2.45, 2.75) is 58.9 Å². The number of piperidine rings is 1. The van der Waals surface area contributed by atoms with Gasteiger partial charge in [0.25, 0.3) is 0 Å². The van der Waals surface area contributed by atoms with Gasteiger partial charge >= 0.3 is 5.97 Å². The highest BCUT2D eigenvalue weighted by Crippen LogP contribution is 2.37. The summed E-state index contributed by atoms with van der Waals surface area (Å²) in [5, 5.41) is 0. The Kier molecular flexibility index (Phi) is 6.68. The van der Waals surface area contributed by atoms with Crippen molar-refractivity contribution < 1.29 is 19.1 Å². The molecule has 0 aliphatic carbocycles. The minimum absolute atomic E-state index is 0.00529. The van der Waals surface area contributed by atoms with Crippen LogP contribution in [-0.2, 0) is 19.7 Å². The van der Waals surface area contributed by atoms with Crippen LogP contribution < -0.4 is 0 Å². The van der Waals surface area contributed by atoms with Gasteiger partial charge in [-0.3, -0.25) is 14.4 Å². The number of carbonyl (C=O) groups excluding carboxylic acids is 3. The fourth-order valence-corrected chi connectivity index (χ4v) is 4.77. The van der Waals surface area contributed by atoms with E-state index in [4.69, 9.17) is 4.74 Å². The van der Waals surface area contributed by atoms with Crippen molar-refractivity contribution in [3.63, 3.8) is 0 Å². The molecule has 1 aliphatic heterocycles. The Bertz CT molecular complexity index is 967. The topological polar surface area (TPSA) is 68.6 Å². The Morgan fingerprint density at radius 1 is 1.06 bits per heavy atom. The number of aromatic nitrogens is 1. The van der Waals surface area contributed by atoms with Crippen LogP contribution in [0.1, 0.15) is 67.0 Å². The van der Waals surface area contributed by atoms with Crippen LogP contribution in [0.4, 0.5) is 0 Å². The first-order chi connectivity index (χ1) is 14.7. The summed E-state index contributed by atoms with van der Waals surface area (Å²) in [6, 6.07) is 11.6. The van der Waals surface area contributed by atoms with Crippen LogP contribution in [0.5, 0.6) is 0 Å². The van der Waals surface area contributed by atoms with Crippen molar-refractivity contribution in [1.29, 1.82) is 0 Å². The SMILES string of the molecule is CC(=O)N1CCC(C(=O)OCC(=O)c2cc(C)n(C(C)C)c2C)(c2ccccc2)CC1. The molecule has 6 nitrogen and oxygen atoms in total. The number of esters is 1. The molecule has 0 bridgehead atoms. The standard InChI is InChI=1S/C25H32N2O4/c1-17(2)27-18(3)15-22(19(27)4)23(29)16-31-24(30)25(21-9-7-6-8-10-21)11-13-26(14-12-25)20(5)28/h6-10,15,17H,11-14,16H2,1-5H3. The lowest BCUT2D eigenvalue weighted by Gasteiger charge is -2.40. The number of carbonyl (C=O) groups is 3. The second kappa shape index (κ2) is 9.08. The minimum atomic E-state index is -0.845. The molecule has 0 N–H and O–H groups in total. The van der Waals surface area contributed by atoms with E-state index in [0.717, 1.165) is 17.0 Å². The summed E-state index contributed by atoms with van der Waals surface area (Å²) in [6.45, 7) is 10.3. The molecule has 1 aromatic carbocycles. The Morgan fingerprint density at radius 2 is 1.68 bits per heavy atom. The summed E-state index contributed by atoms with van der Waals surface area (Å²) in [5.74, 6) is -0.587. The van der Waals surface area contributed by atoms with Gasteiger partial charge in [-0.2, -0.15) is 0 Å². The summed E-state index contributed by atoms with van der Waals surface area (Å²) in [7, 11) is 0. The van der Waals surface area contributed by atoms with Gasteiger partial charge in [-0.05, 0) is 52.2 Å². The van der Waals surface area contributed by atoms with Crippen LogP contribution in [-0.4, -0.2) is 46.8 Å². The quantitative estimate of drug-likeness (QED) is 0.519. The van der Waals surface area contributed by atoms with E-state index in [2.05, 4.69) is 18.4 Å². The van der Waals surface area contributed by atoms with Gasteiger partial charge in [-0.25, -0.2) is 0 Å². The number of Topliss-reactive ketones (excluding diaryl/α,β-unsaturated/α-hetero) is 1. The number of aryl methyl sites for hydroxylation is 1. The molecule has 0 unspecified atom stereocenters. The number of ether oxygens (including phenoxy) is 1. The highest BCUT2D eigenvalue weighted by molar-refractivity contribution is 5.99. The maximum atomic E-state index is 13.3. The van der Waals surface area contributed by atoms with Gasteiger partial charge in [0.2, 0.25) is 11.7 Å². The van der Waals surface area contributed by atoms with E-state index in [9.17, 15) is 14.4 Å². The molecule has 0 spiro atoms. The van der Waals surface area contributed by atoms with Gasteiger partial charge in [0.05, 0.1) is 5.41 Å². The summed E-state index contributed by atoms with van der Waals surface area (Å²) in [4.78, 5) is 39.7. The lowest BCUT2D eigenvalue weighted by Crippen LogP contribution is -2.49. The minimum Gasteiger partial charge on any atom is -0.457 e. The molecule has 1 aromatic heterocycles. The highest BCUT2D eigenvalue weighted by atomic mass is 16.5. The molecule has 6 heteroatoms. The zero-order valence-electron chi connectivity index (χ0n) is 19.1. The fourth-order valence-electron chi connectivity index (χ4n) is 4.77. The Hall–Kier alpha value is -2.89. The molecule has 1 aliphatic rings. The molecule has 3 rings (SSSR count). The summed E-state index contributed by atoms with van der Waals surface area (Å²) < 4.78 is 7.72. The van der Waals surface area contributed by atoms with E-state index >= 15 is 0 Å². The molecular formula is C25H32N2O4. The number of benzene rings is 1. The maximum absolute atomic E-state index is 13.3. The van der Waals surface area contributed by atoms with E-state index in [0.29, 0.717) is 31.5 Å². The normalized spacial score (nSPS) is 15.7. The largest absolute Gasteiger partial charge is 0.457 e. The lowest BCUT2D eigenvalue weighted by molar-refractivity contribution is -0.153. The van der Waals surface area contributed by atoms with E-state index in [1.165, 1.54) is 0 Å². The first-order valence-electron chi connectivity index (χ1n) is 10.9. The van der Waals surface area contributed by atoms with Crippen molar-refractivity contribution in [1.82, 2.24) is 9.47 Å². The van der Waals surface area contributed by atoms with Crippen LogP contribution in [0.2, 0.25) is 0 Å². The highest BCUT2D eigenvalue weighted by Gasteiger charge is 2.45. The first kappa shape index (κ1) is 22.8. The molecular weight excluding hydrogens is 392 g/mol. The fraction of sp³-hybridized carbons (Fsp3) is 0.480. The number of nitrogens with zero attached hydrogens (tertiary/aromatic N) is 2. The third kappa shape index (κ3) is 4.43. The molecule has 166 valence electrons. The predicted octanol–water partition coefficient (Wildman–Crippen LogP) is 3.99. The lowest BCUT2D eigenvalue weighted by atomic mass is 9.72. The first-order valence-corrected chi connectivity index (χ1v) is 10.9. The number of rotatable bonds is 6. The molecule has 1 saturated heterocycles. The van der Waals surface area contributed by atoms with Crippen LogP contribution >= 0.6 is 0 Å². The monoisotopic (exact) mass is 424 g/mol. The van der Waals surface area contributed by atoms with E-state index in [1.54, 1.807) is 11.8 Å². The van der Waals surface area contributed by atoms with Gasteiger partial charge in [-0.1, -0.05) is 30.3 Å². The average molecular weight is 425 g/mol. The average Bonchev–Trinajstić information content (AvgIpc) is 3.06. The van der Waals surface area contributed by atoms with Gasteiger partial charge in [0.15, 0.2) is 6.61 Å².